The van der Waals surface area contributed by atoms with E-state index in [0.29, 0.717) is 24.9 Å². The molecular formula is C42H47N9O4. The Labute approximate surface area is 320 Å². The number of benzene rings is 2. The Morgan fingerprint density at radius 3 is 2.09 bits per heavy atom. The van der Waals surface area contributed by atoms with Crippen LogP contribution >= 0.6 is 0 Å². The van der Waals surface area contributed by atoms with Crippen LogP contribution in [-0.4, -0.2) is 72.4 Å². The predicted octanol–water partition coefficient (Wildman–Crippen LogP) is 6.41. The van der Waals surface area contributed by atoms with Gasteiger partial charge in [0, 0.05) is 24.9 Å². The van der Waals surface area contributed by atoms with Crippen LogP contribution in [0.15, 0.2) is 79.5 Å². The highest BCUT2D eigenvalue weighted by molar-refractivity contribution is 5.86. The molecule has 0 radical (unpaired) electrons. The number of ether oxygens (including phenoxy) is 1. The first-order chi connectivity index (χ1) is 26.8. The van der Waals surface area contributed by atoms with E-state index in [0.717, 1.165) is 83.1 Å². The van der Waals surface area contributed by atoms with Crippen LogP contribution in [0.3, 0.4) is 0 Å². The summed E-state index contributed by atoms with van der Waals surface area (Å²) >= 11 is 0. The Morgan fingerprint density at radius 1 is 0.818 bits per heavy atom. The molecular weight excluding hydrogens is 695 g/mol. The standard InChI is InChI=1S/C42H47N9O4/c1-24(2)37(50-42(54)55-3)41(53)51-18-4-5-34(51)38-45-22-32(48-38)27-10-6-25(7-11-27)26-8-12-28(13-9-26)33-23-46-39(49-33)35-29-14-15-30(19-29)36(35)40(52)47-21-31-20-43-16-17-44-31/h6-13,16-17,20,22-24,29-30,34-37H,4-5,14-15,18-19,21H2,1-3H3,(H,45,48)(H,46,49)(H,47,52)(H,50,54)/t29?,30?,34-,35+,36+,37-/m0/s1. The van der Waals surface area contributed by atoms with Gasteiger partial charge < -0.3 is 30.2 Å². The molecule has 2 aromatic carbocycles. The number of aromatic amines is 2. The number of rotatable bonds is 11. The lowest BCUT2D eigenvalue weighted by Gasteiger charge is -2.30. The van der Waals surface area contributed by atoms with Gasteiger partial charge in [0.1, 0.15) is 17.7 Å². The van der Waals surface area contributed by atoms with E-state index in [2.05, 4.69) is 84.1 Å². The number of methoxy groups -OCH3 is 1. The minimum absolute atomic E-state index is 0.0720. The second-order valence-corrected chi connectivity index (χ2v) is 15.4. The van der Waals surface area contributed by atoms with Crippen molar-refractivity contribution in [2.45, 2.75) is 70.5 Å². The van der Waals surface area contributed by atoms with E-state index in [1.54, 1.807) is 18.6 Å². The second kappa shape index (κ2) is 15.5. The van der Waals surface area contributed by atoms with Crippen LogP contribution < -0.4 is 10.6 Å². The summed E-state index contributed by atoms with van der Waals surface area (Å²) in [5.41, 5.74) is 6.77. The van der Waals surface area contributed by atoms with Crippen molar-refractivity contribution in [3.8, 4) is 33.6 Å². The molecule has 2 unspecified atom stereocenters. The summed E-state index contributed by atoms with van der Waals surface area (Å²) in [6.45, 7) is 4.79. The number of carbonyl (C=O) groups excluding carboxylic acids is 3. The average molecular weight is 742 g/mol. The number of imidazole rings is 2. The first kappa shape index (κ1) is 36.1. The minimum atomic E-state index is -0.678. The van der Waals surface area contributed by atoms with Gasteiger partial charge in [-0.15, -0.1) is 0 Å². The van der Waals surface area contributed by atoms with E-state index >= 15 is 0 Å². The van der Waals surface area contributed by atoms with Gasteiger partial charge in [-0.2, -0.15) is 0 Å². The van der Waals surface area contributed by atoms with E-state index in [9.17, 15) is 14.4 Å². The van der Waals surface area contributed by atoms with Gasteiger partial charge in [0.25, 0.3) is 0 Å². The summed E-state index contributed by atoms with van der Waals surface area (Å²) in [6, 6.07) is 15.9. The lowest BCUT2D eigenvalue weighted by molar-refractivity contribution is -0.135. The van der Waals surface area contributed by atoms with E-state index in [-0.39, 0.29) is 35.6 Å². The summed E-state index contributed by atoms with van der Waals surface area (Å²) in [6.07, 6.45) is 13.0. The lowest BCUT2D eigenvalue weighted by Crippen LogP contribution is -2.51. The average Bonchev–Trinajstić information content (AvgIpc) is 4.07. The molecule has 13 heteroatoms. The van der Waals surface area contributed by atoms with Crippen LogP contribution in [0.2, 0.25) is 0 Å². The highest BCUT2D eigenvalue weighted by Crippen LogP contribution is 2.56. The van der Waals surface area contributed by atoms with Gasteiger partial charge in [0.15, 0.2) is 0 Å². The maximum absolute atomic E-state index is 13.5. The number of hydrogen-bond acceptors (Lipinski definition) is 8. The number of fused-ring (bicyclic) bond motifs is 2. The quantitative estimate of drug-likeness (QED) is 0.120. The monoisotopic (exact) mass is 741 g/mol. The minimum Gasteiger partial charge on any atom is -0.453 e. The molecule has 3 aliphatic rings. The van der Waals surface area contributed by atoms with Crippen LogP contribution in [0.4, 0.5) is 4.79 Å². The molecule has 3 amide bonds. The number of alkyl carbamates (subject to hydrolysis) is 1. The van der Waals surface area contributed by atoms with E-state index in [4.69, 9.17) is 9.72 Å². The third kappa shape index (κ3) is 7.35. The zero-order valence-corrected chi connectivity index (χ0v) is 31.4. The lowest BCUT2D eigenvalue weighted by atomic mass is 9.78. The first-order valence-electron chi connectivity index (χ1n) is 19.3. The smallest absolute Gasteiger partial charge is 0.407 e. The normalized spacial score (nSPS) is 22.2. The summed E-state index contributed by atoms with van der Waals surface area (Å²) in [7, 11) is 1.30. The maximum Gasteiger partial charge on any atom is 0.407 e. The number of carbonyl (C=O) groups is 3. The Balaban J connectivity index is 0.918. The van der Waals surface area contributed by atoms with Crippen molar-refractivity contribution in [2.75, 3.05) is 13.7 Å². The highest BCUT2D eigenvalue weighted by atomic mass is 16.5. The topological polar surface area (TPSA) is 171 Å². The van der Waals surface area contributed by atoms with Crippen LogP contribution in [0.1, 0.15) is 75.3 Å². The van der Waals surface area contributed by atoms with Crippen molar-refractivity contribution in [1.82, 2.24) is 45.4 Å². The number of nitrogens with zero attached hydrogens (tertiary/aromatic N) is 5. The van der Waals surface area contributed by atoms with Crippen LogP contribution in [0, 0.1) is 23.7 Å². The van der Waals surface area contributed by atoms with Crippen molar-refractivity contribution in [3.63, 3.8) is 0 Å². The molecule has 1 saturated heterocycles. The molecule has 8 rings (SSSR count). The molecule has 1 aliphatic heterocycles. The molecule has 5 aromatic rings. The van der Waals surface area contributed by atoms with Crippen molar-refractivity contribution in [3.05, 3.63) is 96.9 Å². The van der Waals surface area contributed by atoms with Crippen LogP contribution in [0.5, 0.6) is 0 Å². The molecule has 6 atom stereocenters. The summed E-state index contributed by atoms with van der Waals surface area (Å²) in [5, 5.41) is 5.82. The maximum atomic E-state index is 13.5. The number of aromatic nitrogens is 6. The second-order valence-electron chi connectivity index (χ2n) is 15.4. The summed E-state index contributed by atoms with van der Waals surface area (Å²) < 4.78 is 4.76. The number of amides is 3. The van der Waals surface area contributed by atoms with Crippen molar-refractivity contribution in [1.29, 1.82) is 0 Å². The molecule has 2 saturated carbocycles. The van der Waals surface area contributed by atoms with Gasteiger partial charge >= 0.3 is 6.09 Å². The third-order valence-electron chi connectivity index (χ3n) is 11.8. The first-order valence-corrected chi connectivity index (χ1v) is 19.3. The molecule has 55 heavy (non-hydrogen) atoms. The molecule has 3 fully saturated rings. The number of likely N-dealkylation sites (tertiary alicyclic amines) is 1. The fraction of sp³-hybridized carbons (Fsp3) is 0.405. The van der Waals surface area contributed by atoms with Crippen molar-refractivity contribution >= 4 is 17.9 Å². The molecule has 2 aliphatic carbocycles. The summed E-state index contributed by atoms with van der Waals surface area (Å²) in [4.78, 5) is 65.7. The van der Waals surface area contributed by atoms with Crippen molar-refractivity contribution in [2.24, 2.45) is 23.7 Å². The van der Waals surface area contributed by atoms with Gasteiger partial charge in [-0.05, 0) is 72.1 Å². The molecule has 4 N–H and O–H groups in total. The molecule has 0 spiro atoms. The molecule has 284 valence electrons. The van der Waals surface area contributed by atoms with Gasteiger partial charge in [-0.25, -0.2) is 14.8 Å². The Bertz CT molecular complexity index is 2130. The zero-order chi connectivity index (χ0) is 38.1. The Kier molecular flexibility index (Phi) is 10.2. The van der Waals surface area contributed by atoms with Crippen molar-refractivity contribution < 1.29 is 19.1 Å². The number of H-pyrrole nitrogens is 2. The fourth-order valence-electron chi connectivity index (χ4n) is 8.96. The fourth-order valence-corrected chi connectivity index (χ4v) is 8.96. The van der Waals surface area contributed by atoms with Gasteiger partial charge in [0.2, 0.25) is 11.8 Å². The molecule has 13 nitrogen and oxygen atoms in total. The molecule has 3 aromatic heterocycles. The summed E-state index contributed by atoms with van der Waals surface area (Å²) in [5.74, 6) is 2.28. The predicted molar refractivity (Wildman–Crippen MR) is 206 cm³/mol. The highest BCUT2D eigenvalue weighted by Gasteiger charge is 2.52. The number of hydrogen-bond donors (Lipinski definition) is 4. The molecule has 2 bridgehead atoms. The third-order valence-corrected chi connectivity index (χ3v) is 11.8. The van der Waals surface area contributed by atoms with Crippen LogP contribution in [-0.2, 0) is 20.9 Å². The molecule has 4 heterocycles. The van der Waals surface area contributed by atoms with E-state index in [1.165, 1.54) is 7.11 Å². The zero-order valence-electron chi connectivity index (χ0n) is 31.4. The Morgan fingerprint density at radius 2 is 1.45 bits per heavy atom. The van der Waals surface area contributed by atoms with Gasteiger partial charge in [0.05, 0.1) is 61.3 Å². The SMILES string of the molecule is COC(=O)N[C@H](C(=O)N1CCC[C@H]1c1ncc(-c2ccc(-c3ccc(-c4cnc([C@@H]5C6CCC(C6)[C@H]5C(=O)NCc5cnccn5)[nH]4)cc3)cc2)[nH]1)C(C)C. The largest absolute Gasteiger partial charge is 0.453 e. The van der Waals surface area contributed by atoms with Crippen LogP contribution in [0.25, 0.3) is 33.6 Å². The van der Waals surface area contributed by atoms with E-state index < -0.39 is 12.1 Å². The van der Waals surface area contributed by atoms with Gasteiger partial charge in [-0.1, -0.05) is 62.4 Å². The van der Waals surface area contributed by atoms with E-state index in [1.807, 2.05) is 31.1 Å². The number of nitrogens with one attached hydrogen (secondary N) is 4. The Hall–Kier alpha value is -5.85. The van der Waals surface area contributed by atoms with Gasteiger partial charge in [-0.3, -0.25) is 19.6 Å².